The van der Waals surface area contributed by atoms with E-state index in [0.717, 1.165) is 12.8 Å². The van der Waals surface area contributed by atoms with Gasteiger partial charge < -0.3 is 14.8 Å². The van der Waals surface area contributed by atoms with E-state index in [1.54, 1.807) is 6.92 Å². The molecule has 0 radical (unpaired) electrons. The predicted octanol–water partition coefficient (Wildman–Crippen LogP) is 2.92. The molecule has 5 nitrogen and oxygen atoms in total. The molecule has 0 fully saturated rings. The number of amides is 1. The van der Waals surface area contributed by atoms with Crippen molar-refractivity contribution in [2.45, 2.75) is 79.6 Å². The largest absolute Gasteiger partial charge is 0.450 e. The second kappa shape index (κ2) is 10.6. The van der Waals surface area contributed by atoms with Crippen molar-refractivity contribution in [2.24, 2.45) is 11.8 Å². The molecule has 0 rings (SSSR count). The Morgan fingerprint density at radius 3 is 2.09 bits per heavy atom. The van der Waals surface area contributed by atoms with Gasteiger partial charge in [-0.25, -0.2) is 4.79 Å². The van der Waals surface area contributed by atoms with Crippen molar-refractivity contribution in [2.75, 3.05) is 6.61 Å². The first kappa shape index (κ1) is 20.9. The maximum absolute atomic E-state index is 12.2. The molecule has 22 heavy (non-hydrogen) atoms. The van der Waals surface area contributed by atoms with E-state index in [1.165, 1.54) is 0 Å². The summed E-state index contributed by atoms with van der Waals surface area (Å²) in [6.45, 7) is 14.0. The molecule has 5 heteroatoms. The summed E-state index contributed by atoms with van der Waals surface area (Å²) in [4.78, 5) is 24.3. The monoisotopic (exact) mass is 315 g/mol. The molecule has 3 unspecified atom stereocenters. The fraction of sp³-hybridized carbons (Fsp3) is 0.882. The van der Waals surface area contributed by atoms with Crippen molar-refractivity contribution < 1.29 is 19.1 Å². The van der Waals surface area contributed by atoms with Crippen LogP contribution < -0.4 is 5.32 Å². The van der Waals surface area contributed by atoms with E-state index in [1.807, 2.05) is 27.7 Å². The summed E-state index contributed by atoms with van der Waals surface area (Å²) >= 11 is 0. The van der Waals surface area contributed by atoms with Crippen LogP contribution in [0.25, 0.3) is 0 Å². The topological polar surface area (TPSA) is 64.6 Å². The zero-order valence-corrected chi connectivity index (χ0v) is 15.1. The molecule has 0 aliphatic carbocycles. The summed E-state index contributed by atoms with van der Waals surface area (Å²) in [5, 5.41) is 2.86. The second-order valence-electron chi connectivity index (χ2n) is 6.61. The van der Waals surface area contributed by atoms with Crippen LogP contribution in [0.1, 0.15) is 61.3 Å². The lowest BCUT2D eigenvalue weighted by atomic mass is 10.1. The van der Waals surface area contributed by atoms with Crippen LogP contribution in [0.15, 0.2) is 0 Å². The lowest BCUT2D eigenvalue weighted by Crippen LogP contribution is -2.45. The van der Waals surface area contributed by atoms with Gasteiger partial charge in [0.25, 0.3) is 5.91 Å². The number of nitrogens with one attached hydrogen (secondary N) is 1. The molecule has 0 aliphatic rings. The van der Waals surface area contributed by atoms with Crippen LogP contribution in [-0.2, 0) is 19.1 Å². The van der Waals surface area contributed by atoms with Crippen LogP contribution in [0.3, 0.4) is 0 Å². The summed E-state index contributed by atoms with van der Waals surface area (Å²) in [7, 11) is 0. The highest BCUT2D eigenvalue weighted by Gasteiger charge is 2.29. The molecule has 130 valence electrons. The van der Waals surface area contributed by atoms with Crippen molar-refractivity contribution in [3.8, 4) is 0 Å². The zero-order chi connectivity index (χ0) is 17.3. The van der Waals surface area contributed by atoms with E-state index < -0.39 is 18.2 Å². The number of hydrogen-bond acceptors (Lipinski definition) is 4. The van der Waals surface area contributed by atoms with Gasteiger partial charge in [0.2, 0.25) is 0 Å². The maximum Gasteiger partial charge on any atom is 0.335 e. The average Bonchev–Trinajstić information content (AvgIpc) is 2.42. The summed E-state index contributed by atoms with van der Waals surface area (Å²) in [5.74, 6) is -0.294. The van der Waals surface area contributed by atoms with Crippen LogP contribution in [0.5, 0.6) is 0 Å². The molecular formula is C17H33NO4. The van der Waals surface area contributed by atoms with Crippen LogP contribution >= 0.6 is 0 Å². The van der Waals surface area contributed by atoms with Gasteiger partial charge in [-0.15, -0.1) is 0 Å². The molecular weight excluding hydrogens is 282 g/mol. The standard InChI is InChI=1S/C17H33NO4/c1-8-13(6)18-16(19)15(12(4)5)22-17(20)14(7)21-10-9-11(2)3/h11-15H,8-10H2,1-7H3,(H,18,19). The van der Waals surface area contributed by atoms with Gasteiger partial charge in [0.05, 0.1) is 0 Å². The maximum atomic E-state index is 12.2. The van der Waals surface area contributed by atoms with E-state index in [2.05, 4.69) is 19.2 Å². The van der Waals surface area contributed by atoms with Gasteiger partial charge in [-0.2, -0.15) is 0 Å². The lowest BCUT2D eigenvalue weighted by Gasteiger charge is -2.24. The molecule has 0 heterocycles. The smallest absolute Gasteiger partial charge is 0.335 e. The van der Waals surface area contributed by atoms with Gasteiger partial charge in [0.1, 0.15) is 0 Å². The highest BCUT2D eigenvalue weighted by molar-refractivity contribution is 5.85. The Morgan fingerprint density at radius 1 is 1.05 bits per heavy atom. The first-order chi connectivity index (χ1) is 10.2. The Labute approximate surface area is 135 Å². The molecule has 0 saturated heterocycles. The fourth-order valence-electron chi connectivity index (χ4n) is 1.69. The molecule has 0 spiro atoms. The van der Waals surface area contributed by atoms with E-state index in [4.69, 9.17) is 9.47 Å². The Morgan fingerprint density at radius 2 is 1.64 bits per heavy atom. The minimum absolute atomic E-state index is 0.0622. The minimum atomic E-state index is -0.780. The van der Waals surface area contributed by atoms with Crippen molar-refractivity contribution in [3.05, 3.63) is 0 Å². The number of ether oxygens (including phenoxy) is 2. The molecule has 1 amide bonds. The summed E-state index contributed by atoms with van der Waals surface area (Å²) in [6.07, 6.45) is 0.285. The van der Waals surface area contributed by atoms with Crippen molar-refractivity contribution >= 4 is 11.9 Å². The first-order valence-corrected chi connectivity index (χ1v) is 8.31. The Kier molecular flexibility index (Phi) is 10.1. The van der Waals surface area contributed by atoms with Crippen LogP contribution in [0.4, 0.5) is 0 Å². The van der Waals surface area contributed by atoms with E-state index in [-0.39, 0.29) is 17.9 Å². The third kappa shape index (κ3) is 8.37. The molecule has 0 aromatic heterocycles. The van der Waals surface area contributed by atoms with Gasteiger partial charge in [0.15, 0.2) is 12.2 Å². The van der Waals surface area contributed by atoms with Crippen LogP contribution in [-0.4, -0.2) is 36.7 Å². The third-order valence-electron chi connectivity index (χ3n) is 3.50. The van der Waals surface area contributed by atoms with E-state index >= 15 is 0 Å². The first-order valence-electron chi connectivity index (χ1n) is 8.31. The van der Waals surface area contributed by atoms with Gasteiger partial charge in [-0.3, -0.25) is 4.79 Å². The molecule has 3 atom stereocenters. The van der Waals surface area contributed by atoms with Crippen LogP contribution in [0.2, 0.25) is 0 Å². The van der Waals surface area contributed by atoms with Gasteiger partial charge in [-0.05, 0) is 38.5 Å². The minimum Gasteiger partial charge on any atom is -0.450 e. The fourth-order valence-corrected chi connectivity index (χ4v) is 1.69. The predicted molar refractivity (Wildman–Crippen MR) is 87.5 cm³/mol. The average molecular weight is 315 g/mol. The highest BCUT2D eigenvalue weighted by atomic mass is 16.6. The molecule has 0 saturated carbocycles. The third-order valence-corrected chi connectivity index (χ3v) is 3.50. The summed E-state index contributed by atoms with van der Waals surface area (Å²) in [5.41, 5.74) is 0. The van der Waals surface area contributed by atoms with Gasteiger partial charge in [0, 0.05) is 12.6 Å². The number of rotatable bonds is 10. The normalized spacial score (nSPS) is 15.5. The summed E-state index contributed by atoms with van der Waals surface area (Å²) < 4.78 is 10.8. The van der Waals surface area contributed by atoms with Crippen LogP contribution in [0, 0.1) is 11.8 Å². The Hall–Kier alpha value is -1.10. The van der Waals surface area contributed by atoms with Crippen molar-refractivity contribution in [1.82, 2.24) is 5.32 Å². The van der Waals surface area contributed by atoms with E-state index in [0.29, 0.717) is 12.5 Å². The Balaban J connectivity index is 4.48. The number of hydrogen-bond donors (Lipinski definition) is 1. The van der Waals surface area contributed by atoms with Crippen molar-refractivity contribution in [3.63, 3.8) is 0 Å². The number of carbonyl (C=O) groups excluding carboxylic acids is 2. The quantitative estimate of drug-likeness (QED) is 0.630. The number of carbonyl (C=O) groups is 2. The van der Waals surface area contributed by atoms with Gasteiger partial charge in [-0.1, -0.05) is 34.6 Å². The SMILES string of the molecule is CCC(C)NC(=O)C(OC(=O)C(C)OCCC(C)C)C(C)C. The molecule has 0 aliphatic heterocycles. The van der Waals surface area contributed by atoms with Crippen molar-refractivity contribution in [1.29, 1.82) is 0 Å². The highest BCUT2D eigenvalue weighted by Crippen LogP contribution is 2.11. The summed E-state index contributed by atoms with van der Waals surface area (Å²) in [6, 6.07) is 0.0622. The molecule has 0 aromatic rings. The molecule has 0 bridgehead atoms. The molecule has 1 N–H and O–H groups in total. The van der Waals surface area contributed by atoms with Gasteiger partial charge >= 0.3 is 5.97 Å². The lowest BCUT2D eigenvalue weighted by molar-refractivity contribution is -0.168. The van der Waals surface area contributed by atoms with E-state index in [9.17, 15) is 9.59 Å². The number of esters is 1. The molecule has 0 aromatic carbocycles. The second-order valence-corrected chi connectivity index (χ2v) is 6.61. The zero-order valence-electron chi connectivity index (χ0n) is 15.1. The Bertz CT molecular complexity index is 342.